The summed E-state index contributed by atoms with van der Waals surface area (Å²) in [5, 5.41) is 0. The Hall–Kier alpha value is -0.610. The Balaban J connectivity index is 2.28. The van der Waals surface area contributed by atoms with Crippen molar-refractivity contribution in [1.82, 2.24) is 5.48 Å². The van der Waals surface area contributed by atoms with Crippen LogP contribution in [0.3, 0.4) is 0 Å². The molecule has 0 aromatic carbocycles. The smallest absolute Gasteiger partial charge is 0.247 e. The van der Waals surface area contributed by atoms with Crippen molar-refractivity contribution in [1.29, 1.82) is 0 Å². The summed E-state index contributed by atoms with van der Waals surface area (Å²) in [4.78, 5) is 16.8. The molecule has 4 heteroatoms. The number of hydroxylamine groups is 1. The summed E-state index contributed by atoms with van der Waals surface area (Å²) < 4.78 is 4.81. The van der Waals surface area contributed by atoms with Crippen LogP contribution in [0, 0.1) is 11.3 Å². The van der Waals surface area contributed by atoms with Crippen LogP contribution in [0.25, 0.3) is 0 Å². The molecule has 15 heavy (non-hydrogen) atoms. The first-order chi connectivity index (χ1) is 7.08. The van der Waals surface area contributed by atoms with Crippen LogP contribution in [-0.2, 0) is 14.4 Å². The average Bonchev–Trinajstić information content (AvgIpc) is 2.52. The third-order valence-corrected chi connectivity index (χ3v) is 3.14. The van der Waals surface area contributed by atoms with Gasteiger partial charge in [-0.1, -0.05) is 20.3 Å². The van der Waals surface area contributed by atoms with E-state index in [1.54, 1.807) is 7.11 Å². The van der Waals surface area contributed by atoms with Gasteiger partial charge in [0.2, 0.25) is 5.91 Å². The normalized spacial score (nSPS) is 24.1. The van der Waals surface area contributed by atoms with E-state index in [1.807, 2.05) is 0 Å². The molecule has 88 valence electrons. The summed E-state index contributed by atoms with van der Waals surface area (Å²) in [6.45, 7) is 5.17. The van der Waals surface area contributed by atoms with Crippen LogP contribution in [0.4, 0.5) is 0 Å². The Morgan fingerprint density at radius 2 is 2.20 bits per heavy atom. The van der Waals surface area contributed by atoms with Gasteiger partial charge in [0.25, 0.3) is 0 Å². The van der Waals surface area contributed by atoms with Gasteiger partial charge in [0.15, 0.2) is 0 Å². The molecule has 0 aliphatic heterocycles. The molecule has 0 bridgehead atoms. The maximum Gasteiger partial charge on any atom is 0.247 e. The number of carbonyl (C=O) groups is 1. The fourth-order valence-corrected chi connectivity index (χ4v) is 2.13. The van der Waals surface area contributed by atoms with Gasteiger partial charge in [-0.15, -0.1) is 0 Å². The van der Waals surface area contributed by atoms with Crippen molar-refractivity contribution in [3.63, 3.8) is 0 Å². The lowest BCUT2D eigenvalue weighted by Gasteiger charge is -2.25. The number of ether oxygens (including phenoxy) is 1. The van der Waals surface area contributed by atoms with E-state index in [4.69, 9.17) is 9.57 Å². The van der Waals surface area contributed by atoms with Gasteiger partial charge < -0.3 is 4.74 Å². The van der Waals surface area contributed by atoms with E-state index in [1.165, 1.54) is 0 Å². The lowest BCUT2D eigenvalue weighted by atomic mass is 9.81. The minimum absolute atomic E-state index is 0.00797. The summed E-state index contributed by atoms with van der Waals surface area (Å²) in [6.07, 6.45) is 3.21. The van der Waals surface area contributed by atoms with Crippen molar-refractivity contribution in [2.24, 2.45) is 11.3 Å². The highest BCUT2D eigenvalue weighted by atomic mass is 16.7. The largest absolute Gasteiger partial charge is 0.382 e. The quantitative estimate of drug-likeness (QED) is 0.558. The van der Waals surface area contributed by atoms with Crippen molar-refractivity contribution in [3.05, 3.63) is 0 Å². The summed E-state index contributed by atoms with van der Waals surface area (Å²) in [6, 6.07) is 0. The number of hydrogen-bond acceptors (Lipinski definition) is 3. The van der Waals surface area contributed by atoms with Crippen LogP contribution in [0.1, 0.15) is 33.1 Å². The Morgan fingerprint density at radius 3 is 2.73 bits per heavy atom. The molecule has 0 aromatic rings. The Kier molecular flexibility index (Phi) is 4.54. The van der Waals surface area contributed by atoms with Gasteiger partial charge in [0.05, 0.1) is 13.2 Å². The maximum atomic E-state index is 11.7. The van der Waals surface area contributed by atoms with E-state index in [-0.39, 0.29) is 17.2 Å². The first kappa shape index (κ1) is 12.5. The Labute approximate surface area is 91.3 Å². The number of carbonyl (C=O) groups excluding carboxylic acids is 1. The second-order valence-corrected chi connectivity index (χ2v) is 4.74. The molecule has 1 atom stereocenters. The zero-order valence-electron chi connectivity index (χ0n) is 9.84. The SMILES string of the molecule is COCCONC(=O)C1CCCC1(C)C. The van der Waals surface area contributed by atoms with Crippen LogP contribution in [-0.4, -0.2) is 26.2 Å². The van der Waals surface area contributed by atoms with Gasteiger partial charge in [-0.2, -0.15) is 0 Å². The standard InChI is InChI=1S/C11H21NO3/c1-11(2)6-4-5-9(11)10(13)12-15-8-7-14-3/h9H,4-8H2,1-3H3,(H,12,13). The molecule has 4 nitrogen and oxygen atoms in total. The van der Waals surface area contributed by atoms with Crippen molar-refractivity contribution >= 4 is 5.91 Å². The van der Waals surface area contributed by atoms with E-state index >= 15 is 0 Å². The fraction of sp³-hybridized carbons (Fsp3) is 0.909. The van der Waals surface area contributed by atoms with Gasteiger partial charge in [0, 0.05) is 13.0 Å². The molecule has 1 aliphatic carbocycles. The summed E-state index contributed by atoms with van der Waals surface area (Å²) >= 11 is 0. The zero-order valence-corrected chi connectivity index (χ0v) is 9.84. The first-order valence-corrected chi connectivity index (χ1v) is 5.48. The van der Waals surface area contributed by atoms with Crippen molar-refractivity contribution < 1.29 is 14.4 Å². The highest BCUT2D eigenvalue weighted by Crippen LogP contribution is 2.42. The van der Waals surface area contributed by atoms with E-state index in [9.17, 15) is 4.79 Å². The molecule has 0 saturated heterocycles. The second-order valence-electron chi connectivity index (χ2n) is 4.74. The summed E-state index contributed by atoms with van der Waals surface area (Å²) in [7, 11) is 1.60. The topological polar surface area (TPSA) is 47.6 Å². The number of methoxy groups -OCH3 is 1. The van der Waals surface area contributed by atoms with Crippen LogP contribution in [0.5, 0.6) is 0 Å². The molecule has 1 unspecified atom stereocenters. The average molecular weight is 215 g/mol. The predicted octanol–water partition coefficient (Wildman–Crippen LogP) is 1.51. The van der Waals surface area contributed by atoms with Crippen molar-refractivity contribution in [2.75, 3.05) is 20.3 Å². The van der Waals surface area contributed by atoms with Crippen molar-refractivity contribution in [3.8, 4) is 0 Å². The van der Waals surface area contributed by atoms with Crippen LogP contribution in [0.15, 0.2) is 0 Å². The molecule has 0 heterocycles. The van der Waals surface area contributed by atoms with Crippen molar-refractivity contribution in [2.45, 2.75) is 33.1 Å². The zero-order chi connectivity index (χ0) is 11.3. The molecule has 0 aromatic heterocycles. The summed E-state index contributed by atoms with van der Waals surface area (Å²) in [5.74, 6) is 0.0913. The maximum absolute atomic E-state index is 11.7. The number of rotatable bonds is 5. The number of nitrogens with one attached hydrogen (secondary N) is 1. The van der Waals surface area contributed by atoms with Crippen LogP contribution >= 0.6 is 0 Å². The monoisotopic (exact) mass is 215 g/mol. The molecular formula is C11H21NO3. The molecule has 1 saturated carbocycles. The van der Waals surface area contributed by atoms with Gasteiger partial charge in [-0.25, -0.2) is 5.48 Å². The summed E-state index contributed by atoms with van der Waals surface area (Å²) in [5.41, 5.74) is 2.60. The van der Waals surface area contributed by atoms with Crippen LogP contribution < -0.4 is 5.48 Å². The molecule has 1 rings (SSSR count). The minimum Gasteiger partial charge on any atom is -0.382 e. The van der Waals surface area contributed by atoms with Crippen LogP contribution in [0.2, 0.25) is 0 Å². The molecule has 1 fully saturated rings. The molecular weight excluding hydrogens is 194 g/mol. The van der Waals surface area contributed by atoms with Gasteiger partial charge in [-0.3, -0.25) is 9.63 Å². The second kappa shape index (κ2) is 5.47. The number of amides is 1. The lowest BCUT2D eigenvalue weighted by molar-refractivity contribution is -0.141. The molecule has 0 spiro atoms. The Morgan fingerprint density at radius 1 is 1.47 bits per heavy atom. The third kappa shape index (κ3) is 3.47. The lowest BCUT2D eigenvalue weighted by Crippen LogP contribution is -2.36. The molecule has 1 aliphatic rings. The molecule has 0 radical (unpaired) electrons. The number of hydrogen-bond donors (Lipinski definition) is 1. The van der Waals surface area contributed by atoms with Gasteiger partial charge in [-0.05, 0) is 18.3 Å². The third-order valence-electron chi connectivity index (χ3n) is 3.14. The van der Waals surface area contributed by atoms with Gasteiger partial charge in [0.1, 0.15) is 0 Å². The van der Waals surface area contributed by atoms with Gasteiger partial charge >= 0.3 is 0 Å². The highest BCUT2D eigenvalue weighted by molar-refractivity contribution is 5.78. The minimum atomic E-state index is 0.00797. The first-order valence-electron chi connectivity index (χ1n) is 5.48. The highest BCUT2D eigenvalue weighted by Gasteiger charge is 2.39. The van der Waals surface area contributed by atoms with E-state index in [0.717, 1.165) is 19.3 Å². The molecule has 1 N–H and O–H groups in total. The van der Waals surface area contributed by atoms with E-state index in [2.05, 4.69) is 19.3 Å². The Bertz CT molecular complexity index is 216. The molecule has 1 amide bonds. The predicted molar refractivity (Wildman–Crippen MR) is 57.1 cm³/mol. The van der Waals surface area contributed by atoms with E-state index in [0.29, 0.717) is 13.2 Å². The fourth-order valence-electron chi connectivity index (χ4n) is 2.13. The van der Waals surface area contributed by atoms with E-state index < -0.39 is 0 Å².